The maximum Gasteiger partial charge on any atom is 0.241 e. The van der Waals surface area contributed by atoms with Crippen LogP contribution in [0.2, 0.25) is 0 Å². The molecule has 0 bridgehead atoms. The summed E-state index contributed by atoms with van der Waals surface area (Å²) in [6, 6.07) is 7.60. The van der Waals surface area contributed by atoms with Crippen molar-refractivity contribution in [3.8, 4) is 0 Å². The molecule has 3 aromatic heterocycles. The van der Waals surface area contributed by atoms with Crippen LogP contribution in [-0.2, 0) is 0 Å². The predicted octanol–water partition coefficient (Wildman–Crippen LogP) is 0.246. The van der Waals surface area contributed by atoms with Crippen LogP contribution in [-0.4, -0.2) is 30.5 Å². The van der Waals surface area contributed by atoms with Crippen molar-refractivity contribution in [1.82, 2.24) is 24.6 Å². The third-order valence-corrected chi connectivity index (χ3v) is 3.19. The van der Waals surface area contributed by atoms with E-state index in [0.717, 1.165) is 11.0 Å². The number of aliphatic imine (C=N–C) groups is 1. The average Bonchev–Trinajstić information content (AvgIpc) is 2.99. The number of aromatic amines is 1. The second kappa shape index (κ2) is 3.82. The number of hydrogen-bond acceptors (Lipinski definition) is 5. The minimum absolute atomic E-state index is 0.0931. The summed E-state index contributed by atoms with van der Waals surface area (Å²) in [5, 5.41) is 7.38. The van der Waals surface area contributed by atoms with E-state index in [9.17, 15) is 0 Å². The van der Waals surface area contributed by atoms with E-state index in [-0.39, 0.29) is 5.96 Å². The van der Waals surface area contributed by atoms with Gasteiger partial charge >= 0.3 is 0 Å². The Morgan fingerprint density at radius 2 is 2.00 bits per heavy atom. The molecule has 0 saturated heterocycles. The number of H-pyrrole nitrogens is 1. The fourth-order valence-electron chi connectivity index (χ4n) is 2.38. The Bertz CT molecular complexity index is 1020. The minimum Gasteiger partial charge on any atom is -0.383 e. The summed E-state index contributed by atoms with van der Waals surface area (Å²) < 4.78 is 1.75. The summed E-state index contributed by atoms with van der Waals surface area (Å²) in [7, 11) is 0. The van der Waals surface area contributed by atoms with E-state index in [0.29, 0.717) is 28.4 Å². The molecule has 0 unspecified atom stereocenters. The molecule has 0 aliphatic carbocycles. The van der Waals surface area contributed by atoms with Crippen LogP contribution in [0.1, 0.15) is 0 Å². The topological polar surface area (TPSA) is 149 Å². The van der Waals surface area contributed by atoms with Crippen molar-refractivity contribution in [2.45, 2.75) is 0 Å². The number of rotatable bonds is 1. The van der Waals surface area contributed by atoms with Crippen molar-refractivity contribution in [3.05, 3.63) is 24.3 Å². The lowest BCUT2D eigenvalue weighted by atomic mass is 10.3. The first-order chi connectivity index (χ1) is 10.1. The van der Waals surface area contributed by atoms with Gasteiger partial charge in [-0.15, -0.1) is 0 Å². The summed E-state index contributed by atoms with van der Waals surface area (Å²) in [6.07, 6.45) is 0. The number of nitrogens with one attached hydrogen (secondary N) is 1. The molecule has 9 heteroatoms. The van der Waals surface area contributed by atoms with Gasteiger partial charge in [0.25, 0.3) is 0 Å². The summed E-state index contributed by atoms with van der Waals surface area (Å²) in [4.78, 5) is 13.0. The molecule has 0 fully saturated rings. The zero-order chi connectivity index (χ0) is 14.6. The van der Waals surface area contributed by atoms with Gasteiger partial charge in [-0.3, -0.25) is 9.50 Å². The zero-order valence-corrected chi connectivity index (χ0v) is 10.8. The molecule has 0 amide bonds. The van der Waals surface area contributed by atoms with Crippen molar-refractivity contribution in [2.75, 3.05) is 5.73 Å². The maximum atomic E-state index is 5.92. The van der Waals surface area contributed by atoms with Crippen molar-refractivity contribution < 1.29 is 0 Å². The van der Waals surface area contributed by atoms with Crippen LogP contribution in [0.3, 0.4) is 0 Å². The Hall–Kier alpha value is -3.36. The maximum absolute atomic E-state index is 5.92. The number of nitrogens with zero attached hydrogens (tertiary/aromatic N) is 5. The lowest BCUT2D eigenvalue weighted by Crippen LogP contribution is -2.22. The van der Waals surface area contributed by atoms with Gasteiger partial charge in [0.1, 0.15) is 11.2 Å². The zero-order valence-electron chi connectivity index (χ0n) is 10.8. The molecule has 0 aliphatic heterocycles. The number of guanidine groups is 1. The lowest BCUT2D eigenvalue weighted by molar-refractivity contribution is 1.07. The van der Waals surface area contributed by atoms with Gasteiger partial charge in [-0.1, -0.05) is 12.1 Å². The van der Waals surface area contributed by atoms with Gasteiger partial charge in [0.2, 0.25) is 5.95 Å². The third kappa shape index (κ3) is 1.51. The predicted molar refractivity (Wildman–Crippen MR) is 80.0 cm³/mol. The molecular weight excluding hydrogens is 270 g/mol. The highest BCUT2D eigenvalue weighted by Gasteiger charge is 2.17. The van der Waals surface area contributed by atoms with Gasteiger partial charge in [-0.25, -0.2) is 4.98 Å². The monoisotopic (exact) mass is 281 g/mol. The van der Waals surface area contributed by atoms with Crippen LogP contribution >= 0.6 is 0 Å². The quantitative estimate of drug-likeness (QED) is 0.290. The highest BCUT2D eigenvalue weighted by Crippen LogP contribution is 2.29. The lowest BCUT2D eigenvalue weighted by Gasteiger charge is -2.02. The van der Waals surface area contributed by atoms with Gasteiger partial charge in [-0.05, 0) is 12.1 Å². The van der Waals surface area contributed by atoms with Gasteiger partial charge in [-0.2, -0.15) is 15.1 Å². The van der Waals surface area contributed by atoms with Crippen molar-refractivity contribution in [1.29, 1.82) is 0 Å². The number of fused-ring (bicyclic) bond motifs is 5. The molecule has 0 radical (unpaired) electrons. The number of anilines is 1. The Labute approximate surface area is 117 Å². The van der Waals surface area contributed by atoms with Crippen LogP contribution in [0, 0.1) is 0 Å². The largest absolute Gasteiger partial charge is 0.383 e. The summed E-state index contributed by atoms with van der Waals surface area (Å²) in [5.74, 6) is 0.608. The van der Waals surface area contributed by atoms with Crippen LogP contribution in [0.4, 0.5) is 11.8 Å². The first-order valence-electron chi connectivity index (χ1n) is 6.15. The molecule has 104 valence electrons. The van der Waals surface area contributed by atoms with Gasteiger partial charge in [0.05, 0.1) is 11.0 Å². The third-order valence-electron chi connectivity index (χ3n) is 3.19. The first kappa shape index (κ1) is 11.5. The normalized spacial score (nSPS) is 11.4. The molecule has 9 nitrogen and oxygen atoms in total. The van der Waals surface area contributed by atoms with E-state index in [1.54, 1.807) is 4.40 Å². The van der Waals surface area contributed by atoms with Crippen LogP contribution < -0.4 is 17.2 Å². The van der Waals surface area contributed by atoms with Crippen LogP contribution in [0.5, 0.6) is 0 Å². The van der Waals surface area contributed by atoms with Crippen molar-refractivity contribution in [3.63, 3.8) is 0 Å². The molecular formula is C12H11N9. The van der Waals surface area contributed by atoms with Crippen LogP contribution in [0.25, 0.3) is 27.7 Å². The van der Waals surface area contributed by atoms with Gasteiger partial charge in [0, 0.05) is 0 Å². The van der Waals surface area contributed by atoms with Crippen LogP contribution in [0.15, 0.2) is 29.3 Å². The summed E-state index contributed by atoms with van der Waals surface area (Å²) in [5.41, 5.74) is 19.5. The number of imidazole rings is 1. The first-order valence-corrected chi connectivity index (χ1v) is 6.15. The number of nitrogen functional groups attached to an aromatic ring is 1. The molecule has 1 aromatic carbocycles. The fraction of sp³-hybridized carbons (Fsp3) is 0. The molecule has 0 atom stereocenters. The Kier molecular flexibility index (Phi) is 2.09. The molecule has 0 saturated carbocycles. The van der Waals surface area contributed by atoms with E-state index in [4.69, 9.17) is 17.2 Å². The highest BCUT2D eigenvalue weighted by atomic mass is 15.2. The number of nitrogens with two attached hydrogens (primary N) is 3. The molecule has 7 N–H and O–H groups in total. The Morgan fingerprint density at radius 3 is 2.81 bits per heavy atom. The standard InChI is InChI=1S/C12H11N9/c13-8-7-9(20-19-8)17-12(18-11(14)15)21-6-4-2-1-3-5(6)16-10(7)21/h1-4H,(H7,13,14,15,17,18,19,20). The Morgan fingerprint density at radius 1 is 1.19 bits per heavy atom. The number of hydrogen-bond donors (Lipinski definition) is 4. The second-order valence-electron chi connectivity index (χ2n) is 4.54. The number of benzene rings is 1. The second-order valence-corrected chi connectivity index (χ2v) is 4.54. The van der Waals surface area contributed by atoms with Gasteiger partial charge < -0.3 is 17.2 Å². The fourth-order valence-corrected chi connectivity index (χ4v) is 2.38. The molecule has 4 aromatic rings. The smallest absolute Gasteiger partial charge is 0.241 e. The summed E-state index contributed by atoms with van der Waals surface area (Å²) >= 11 is 0. The Balaban J connectivity index is 2.32. The molecule has 3 heterocycles. The van der Waals surface area contributed by atoms with E-state index in [1.165, 1.54) is 0 Å². The molecule has 0 aliphatic rings. The SMILES string of the molecule is NC(N)=Nc1nc2n[nH]c(N)c2c2nc3ccccc3n12. The van der Waals surface area contributed by atoms with E-state index < -0.39 is 0 Å². The molecule has 4 rings (SSSR count). The van der Waals surface area contributed by atoms with Crippen molar-refractivity contribution >= 4 is 45.4 Å². The van der Waals surface area contributed by atoms with Crippen molar-refractivity contribution in [2.24, 2.45) is 16.5 Å². The van der Waals surface area contributed by atoms with E-state index in [2.05, 4.69) is 25.2 Å². The number of para-hydroxylation sites is 2. The summed E-state index contributed by atoms with van der Waals surface area (Å²) in [6.45, 7) is 0. The minimum atomic E-state index is -0.0931. The highest BCUT2D eigenvalue weighted by molar-refractivity contribution is 6.02. The average molecular weight is 281 g/mol. The molecule has 21 heavy (non-hydrogen) atoms. The van der Waals surface area contributed by atoms with E-state index >= 15 is 0 Å². The van der Waals surface area contributed by atoms with Gasteiger partial charge in [0.15, 0.2) is 17.3 Å². The number of aromatic nitrogens is 5. The van der Waals surface area contributed by atoms with E-state index in [1.807, 2.05) is 24.3 Å². The molecule has 0 spiro atoms.